The Morgan fingerprint density at radius 2 is 1.15 bits per heavy atom. The highest BCUT2D eigenvalue weighted by Gasteiger charge is 2.28. The van der Waals surface area contributed by atoms with Crippen LogP contribution in [0.2, 0.25) is 0 Å². The number of rotatable bonds is 2. The van der Waals surface area contributed by atoms with Gasteiger partial charge in [-0.3, -0.25) is 0 Å². The van der Waals surface area contributed by atoms with E-state index in [1.165, 1.54) is 12.1 Å². The fourth-order valence-corrected chi connectivity index (χ4v) is 3.77. The molecule has 4 rings (SSSR count). The molecular weight excluding hydrogens is 360 g/mol. The van der Waals surface area contributed by atoms with Gasteiger partial charge in [0.15, 0.2) is 23.1 Å². The summed E-state index contributed by atoms with van der Waals surface area (Å²) in [5, 5.41) is 0. The van der Waals surface area contributed by atoms with E-state index >= 15 is 0 Å². The molecule has 2 aliphatic rings. The monoisotopic (exact) mass is 380 g/mol. The van der Waals surface area contributed by atoms with Gasteiger partial charge in [0, 0.05) is 6.42 Å². The molecule has 144 valence electrons. The number of hydrogen-bond donors (Lipinski definition) is 0. The summed E-state index contributed by atoms with van der Waals surface area (Å²) in [4.78, 5) is 0. The Morgan fingerprint density at radius 1 is 0.741 bits per heavy atom. The predicted molar refractivity (Wildman–Crippen MR) is 92.3 cm³/mol. The Balaban J connectivity index is 1.73. The van der Waals surface area contributed by atoms with Crippen LogP contribution < -0.4 is 9.47 Å². The lowest BCUT2D eigenvalue weighted by atomic mass is 9.94. The number of hydrogen-bond acceptors (Lipinski definition) is 2. The van der Waals surface area contributed by atoms with Crippen LogP contribution in [-0.4, -0.2) is 12.2 Å². The van der Waals surface area contributed by atoms with Crippen molar-refractivity contribution >= 4 is 0 Å². The Morgan fingerprint density at radius 3 is 1.56 bits per heavy atom. The van der Waals surface area contributed by atoms with Crippen LogP contribution >= 0.6 is 0 Å². The first kappa shape index (κ1) is 18.1. The zero-order chi connectivity index (χ0) is 19.3. The first-order valence-corrected chi connectivity index (χ1v) is 9.18. The van der Waals surface area contributed by atoms with Crippen LogP contribution in [0.15, 0.2) is 12.1 Å². The van der Waals surface area contributed by atoms with E-state index in [4.69, 9.17) is 9.47 Å². The highest BCUT2D eigenvalue weighted by atomic mass is 19.2. The first-order valence-electron chi connectivity index (χ1n) is 9.18. The molecule has 0 N–H and O–H groups in total. The normalized spacial score (nSPS) is 21.1. The van der Waals surface area contributed by atoms with Crippen LogP contribution in [0, 0.1) is 23.3 Å². The molecule has 0 saturated heterocycles. The standard InChI is InChI=1S/C21H20F4O2/c1-10-3-5-12-7-14(16(22)18(24)20(12)26-10)9-15-8-13-6-4-11(2)27-21(13)19(25)17(15)23/h7-8,10-11H,3-6,9H2,1-2H3. The van der Waals surface area contributed by atoms with E-state index < -0.39 is 23.3 Å². The van der Waals surface area contributed by atoms with E-state index in [0.717, 1.165) is 0 Å². The molecule has 0 amide bonds. The summed E-state index contributed by atoms with van der Waals surface area (Å²) in [5.74, 6) is -4.44. The lowest BCUT2D eigenvalue weighted by molar-refractivity contribution is 0.180. The number of fused-ring (bicyclic) bond motifs is 2. The molecule has 0 saturated carbocycles. The van der Waals surface area contributed by atoms with Crippen molar-refractivity contribution in [3.8, 4) is 11.5 Å². The Kier molecular flexibility index (Phi) is 4.52. The van der Waals surface area contributed by atoms with Crippen LogP contribution in [0.1, 0.15) is 48.9 Å². The molecule has 2 aromatic carbocycles. The molecule has 0 radical (unpaired) electrons. The van der Waals surface area contributed by atoms with Gasteiger partial charge in [0.25, 0.3) is 0 Å². The summed E-state index contributed by atoms with van der Waals surface area (Å²) in [7, 11) is 0. The topological polar surface area (TPSA) is 18.5 Å². The van der Waals surface area contributed by atoms with E-state index in [0.29, 0.717) is 36.8 Å². The lowest BCUT2D eigenvalue weighted by Gasteiger charge is -2.26. The van der Waals surface area contributed by atoms with Crippen molar-refractivity contribution in [3.05, 3.63) is 57.7 Å². The summed E-state index contributed by atoms with van der Waals surface area (Å²) < 4.78 is 68.7. The average molecular weight is 380 g/mol. The molecule has 0 aliphatic carbocycles. The van der Waals surface area contributed by atoms with Crippen molar-refractivity contribution in [2.24, 2.45) is 0 Å². The molecule has 0 spiro atoms. The van der Waals surface area contributed by atoms with Gasteiger partial charge in [0.05, 0.1) is 12.2 Å². The maximum Gasteiger partial charge on any atom is 0.201 e. The fourth-order valence-electron chi connectivity index (χ4n) is 3.77. The molecule has 2 nitrogen and oxygen atoms in total. The van der Waals surface area contributed by atoms with Gasteiger partial charge in [-0.15, -0.1) is 0 Å². The summed E-state index contributed by atoms with van der Waals surface area (Å²) >= 11 is 0. The van der Waals surface area contributed by atoms with Crippen molar-refractivity contribution in [3.63, 3.8) is 0 Å². The van der Waals surface area contributed by atoms with Crippen LogP contribution in [0.25, 0.3) is 0 Å². The minimum atomic E-state index is -1.08. The van der Waals surface area contributed by atoms with E-state index in [9.17, 15) is 17.6 Å². The molecule has 0 bridgehead atoms. The molecule has 2 atom stereocenters. The van der Waals surface area contributed by atoms with Crippen molar-refractivity contribution in [2.45, 2.75) is 58.2 Å². The number of benzene rings is 2. The smallest absolute Gasteiger partial charge is 0.201 e. The molecule has 6 heteroatoms. The minimum absolute atomic E-state index is 0.00671. The zero-order valence-corrected chi connectivity index (χ0v) is 15.2. The second-order valence-corrected chi connectivity index (χ2v) is 7.41. The largest absolute Gasteiger partial charge is 0.487 e. The van der Waals surface area contributed by atoms with Gasteiger partial charge in [-0.05, 0) is 73.9 Å². The van der Waals surface area contributed by atoms with Crippen molar-refractivity contribution in [1.82, 2.24) is 0 Å². The van der Waals surface area contributed by atoms with Crippen molar-refractivity contribution < 1.29 is 27.0 Å². The summed E-state index contributed by atoms with van der Waals surface area (Å²) in [6.45, 7) is 3.59. The lowest BCUT2D eigenvalue weighted by Crippen LogP contribution is -2.21. The highest BCUT2D eigenvalue weighted by Crippen LogP contribution is 2.37. The van der Waals surface area contributed by atoms with Gasteiger partial charge >= 0.3 is 0 Å². The molecule has 2 heterocycles. The third kappa shape index (κ3) is 3.15. The van der Waals surface area contributed by atoms with Gasteiger partial charge in [-0.25, -0.2) is 8.78 Å². The molecule has 2 aromatic rings. The Hall–Kier alpha value is -2.24. The molecule has 0 fully saturated rings. The number of aryl methyl sites for hydroxylation is 2. The molecular formula is C21H20F4O2. The van der Waals surface area contributed by atoms with E-state index in [1.54, 1.807) is 13.8 Å². The van der Waals surface area contributed by atoms with E-state index in [1.807, 2.05) is 0 Å². The van der Waals surface area contributed by atoms with Crippen molar-refractivity contribution in [1.29, 1.82) is 0 Å². The Bertz CT molecular complexity index is 837. The molecule has 2 aliphatic heterocycles. The highest BCUT2D eigenvalue weighted by molar-refractivity contribution is 5.46. The second kappa shape index (κ2) is 6.73. The van der Waals surface area contributed by atoms with E-state index in [2.05, 4.69) is 0 Å². The van der Waals surface area contributed by atoms with Gasteiger partial charge in [0.1, 0.15) is 0 Å². The fraction of sp³-hybridized carbons (Fsp3) is 0.429. The maximum atomic E-state index is 14.5. The molecule has 0 aromatic heterocycles. The number of halogens is 4. The zero-order valence-electron chi connectivity index (χ0n) is 15.2. The van der Waals surface area contributed by atoms with E-state index in [-0.39, 0.29) is 41.3 Å². The van der Waals surface area contributed by atoms with Crippen LogP contribution in [0.3, 0.4) is 0 Å². The van der Waals surface area contributed by atoms with Crippen LogP contribution in [0.5, 0.6) is 11.5 Å². The van der Waals surface area contributed by atoms with Gasteiger partial charge < -0.3 is 9.47 Å². The van der Waals surface area contributed by atoms with Crippen molar-refractivity contribution in [2.75, 3.05) is 0 Å². The second-order valence-electron chi connectivity index (χ2n) is 7.41. The predicted octanol–water partition coefficient (Wildman–Crippen LogP) is 5.26. The summed E-state index contributed by atoms with van der Waals surface area (Å²) in [5.41, 5.74) is 1.09. The minimum Gasteiger partial charge on any atom is -0.487 e. The Labute approximate surface area is 155 Å². The first-order chi connectivity index (χ1) is 12.8. The summed E-state index contributed by atoms with van der Waals surface area (Å²) in [6.07, 6.45) is 1.86. The van der Waals surface area contributed by atoms with Crippen LogP contribution in [-0.2, 0) is 19.3 Å². The molecule has 2 unspecified atom stereocenters. The SMILES string of the molecule is CC1CCc2cc(Cc3cc4c(c(F)c3F)OC(C)CC4)c(F)c(F)c2O1. The number of ether oxygens (including phenoxy) is 2. The quantitative estimate of drug-likeness (QED) is 0.662. The van der Waals surface area contributed by atoms with Crippen LogP contribution in [0.4, 0.5) is 17.6 Å². The van der Waals surface area contributed by atoms with Gasteiger partial charge in [-0.2, -0.15) is 8.78 Å². The third-order valence-corrected chi connectivity index (χ3v) is 5.29. The molecule has 27 heavy (non-hydrogen) atoms. The third-order valence-electron chi connectivity index (χ3n) is 5.29. The van der Waals surface area contributed by atoms with Gasteiger partial charge in [-0.1, -0.05) is 0 Å². The summed E-state index contributed by atoms with van der Waals surface area (Å²) in [6, 6.07) is 2.99. The average Bonchev–Trinajstić information content (AvgIpc) is 2.65. The maximum absolute atomic E-state index is 14.5. The van der Waals surface area contributed by atoms with Gasteiger partial charge in [0.2, 0.25) is 11.6 Å².